The molecule has 0 aliphatic heterocycles. The van der Waals surface area contributed by atoms with E-state index in [0.29, 0.717) is 0 Å². The van der Waals surface area contributed by atoms with Gasteiger partial charge in [0.2, 0.25) is 11.8 Å². The number of nitriles is 1. The van der Waals surface area contributed by atoms with Gasteiger partial charge in [-0.05, 0) is 16.3 Å². The Kier molecular flexibility index (Phi) is 7.32. The lowest BCUT2D eigenvalue weighted by Gasteiger charge is -2.18. The maximum absolute atomic E-state index is 12.4. The minimum Gasteiger partial charge on any atom is -0.481 e. The number of benzene rings is 2. The first-order chi connectivity index (χ1) is 13.0. The summed E-state index contributed by atoms with van der Waals surface area (Å²) in [6, 6.07) is 14.7. The van der Waals surface area contributed by atoms with Crippen molar-refractivity contribution in [2.24, 2.45) is 0 Å². The Morgan fingerprint density at radius 1 is 1.07 bits per heavy atom. The largest absolute Gasteiger partial charge is 0.481 e. The molecule has 7 heteroatoms. The van der Waals surface area contributed by atoms with E-state index in [0.717, 1.165) is 16.3 Å². The molecule has 0 radical (unpaired) electrons. The summed E-state index contributed by atoms with van der Waals surface area (Å²) in [5.74, 6) is -1.98. The standard InChI is InChI=1S/C20H21N3O4/c21-10-3-11-22-20(27)17(23-18(24)8-9-19(25)26)13-14-6-7-15-4-1-2-5-16(15)12-14/h1-2,4-7,12,17H,3,8-9,11,13H2,(H,22,27)(H,23,24)(H,25,26). The highest BCUT2D eigenvalue weighted by atomic mass is 16.4. The van der Waals surface area contributed by atoms with Crippen LogP contribution in [-0.2, 0) is 20.8 Å². The zero-order valence-corrected chi connectivity index (χ0v) is 14.8. The second-order valence-electron chi connectivity index (χ2n) is 6.10. The van der Waals surface area contributed by atoms with Crippen molar-refractivity contribution in [1.82, 2.24) is 10.6 Å². The van der Waals surface area contributed by atoms with Gasteiger partial charge in [0.1, 0.15) is 6.04 Å². The molecular formula is C20H21N3O4. The first-order valence-corrected chi connectivity index (χ1v) is 8.63. The summed E-state index contributed by atoms with van der Waals surface area (Å²) >= 11 is 0. The van der Waals surface area contributed by atoms with Crippen LogP contribution in [0.3, 0.4) is 0 Å². The molecule has 0 aliphatic carbocycles. The summed E-state index contributed by atoms with van der Waals surface area (Å²) in [6.45, 7) is 0.189. The first-order valence-electron chi connectivity index (χ1n) is 8.63. The number of aliphatic carboxylic acids is 1. The van der Waals surface area contributed by atoms with Crippen LogP contribution in [0, 0.1) is 11.3 Å². The van der Waals surface area contributed by atoms with Gasteiger partial charge in [0.05, 0.1) is 18.9 Å². The highest BCUT2D eigenvalue weighted by molar-refractivity contribution is 5.89. The Morgan fingerprint density at radius 3 is 2.52 bits per heavy atom. The van der Waals surface area contributed by atoms with E-state index in [2.05, 4.69) is 10.6 Å². The van der Waals surface area contributed by atoms with Crippen LogP contribution in [-0.4, -0.2) is 35.5 Å². The number of carboxylic acids is 1. The Bertz CT molecular complexity index is 873. The fourth-order valence-corrected chi connectivity index (χ4v) is 2.66. The number of fused-ring (bicyclic) bond motifs is 1. The number of amides is 2. The van der Waals surface area contributed by atoms with E-state index in [9.17, 15) is 14.4 Å². The van der Waals surface area contributed by atoms with Gasteiger partial charge >= 0.3 is 5.97 Å². The van der Waals surface area contributed by atoms with Gasteiger partial charge in [-0.3, -0.25) is 14.4 Å². The molecule has 27 heavy (non-hydrogen) atoms. The van der Waals surface area contributed by atoms with E-state index in [-0.39, 0.29) is 32.2 Å². The third kappa shape index (κ3) is 6.44. The van der Waals surface area contributed by atoms with Gasteiger partial charge in [-0.25, -0.2) is 0 Å². The molecular weight excluding hydrogens is 346 g/mol. The van der Waals surface area contributed by atoms with Gasteiger partial charge in [-0.1, -0.05) is 42.5 Å². The maximum Gasteiger partial charge on any atom is 0.303 e. The van der Waals surface area contributed by atoms with E-state index >= 15 is 0 Å². The van der Waals surface area contributed by atoms with Gasteiger partial charge in [0, 0.05) is 19.4 Å². The lowest BCUT2D eigenvalue weighted by atomic mass is 10.0. The normalized spacial score (nSPS) is 11.4. The molecule has 1 unspecified atom stereocenters. The van der Waals surface area contributed by atoms with Crippen molar-refractivity contribution in [2.75, 3.05) is 6.54 Å². The maximum atomic E-state index is 12.4. The zero-order valence-electron chi connectivity index (χ0n) is 14.8. The molecule has 140 valence electrons. The summed E-state index contributed by atoms with van der Waals surface area (Å²) in [6.07, 6.45) is -0.0664. The molecule has 0 bridgehead atoms. The van der Waals surface area contributed by atoms with E-state index in [4.69, 9.17) is 10.4 Å². The van der Waals surface area contributed by atoms with Crippen LogP contribution in [0.2, 0.25) is 0 Å². The Labute approximate surface area is 157 Å². The number of nitrogens with one attached hydrogen (secondary N) is 2. The number of hydrogen-bond donors (Lipinski definition) is 3. The number of carbonyl (C=O) groups is 3. The third-order valence-electron chi connectivity index (χ3n) is 4.01. The topological polar surface area (TPSA) is 119 Å². The highest BCUT2D eigenvalue weighted by Crippen LogP contribution is 2.17. The van der Waals surface area contributed by atoms with Crippen LogP contribution in [0.25, 0.3) is 10.8 Å². The van der Waals surface area contributed by atoms with Crippen LogP contribution in [0.5, 0.6) is 0 Å². The molecule has 3 N–H and O–H groups in total. The van der Waals surface area contributed by atoms with Crippen LogP contribution >= 0.6 is 0 Å². The number of hydrogen-bond acceptors (Lipinski definition) is 4. The number of rotatable bonds is 9. The molecule has 1 atom stereocenters. The molecule has 7 nitrogen and oxygen atoms in total. The summed E-state index contributed by atoms with van der Waals surface area (Å²) in [5.41, 5.74) is 0.868. The SMILES string of the molecule is N#CCCNC(=O)C(Cc1ccc2ccccc2c1)NC(=O)CCC(=O)O. The highest BCUT2D eigenvalue weighted by Gasteiger charge is 2.21. The minimum atomic E-state index is -1.07. The molecule has 2 rings (SSSR count). The van der Waals surface area contributed by atoms with E-state index in [1.807, 2.05) is 48.5 Å². The lowest BCUT2D eigenvalue weighted by molar-refractivity contribution is -0.139. The summed E-state index contributed by atoms with van der Waals surface area (Å²) < 4.78 is 0. The van der Waals surface area contributed by atoms with E-state index in [1.165, 1.54) is 0 Å². The molecule has 2 aromatic rings. The van der Waals surface area contributed by atoms with Crippen molar-refractivity contribution in [3.05, 3.63) is 48.0 Å². The van der Waals surface area contributed by atoms with Crippen LogP contribution in [0.4, 0.5) is 0 Å². The molecule has 2 aromatic carbocycles. The number of carbonyl (C=O) groups excluding carboxylic acids is 2. The van der Waals surface area contributed by atoms with Gasteiger partial charge < -0.3 is 15.7 Å². The fraction of sp³-hybridized carbons (Fsp3) is 0.300. The summed E-state index contributed by atoms with van der Waals surface area (Å²) in [5, 5.41) is 24.6. The van der Waals surface area contributed by atoms with Crippen molar-refractivity contribution in [3.63, 3.8) is 0 Å². The first kappa shape index (κ1) is 19.9. The summed E-state index contributed by atoms with van der Waals surface area (Å²) in [7, 11) is 0. The number of carboxylic acid groups (broad SMARTS) is 1. The van der Waals surface area contributed by atoms with Gasteiger partial charge in [-0.15, -0.1) is 0 Å². The molecule has 0 spiro atoms. The van der Waals surface area contributed by atoms with Crippen molar-refractivity contribution in [3.8, 4) is 6.07 Å². The second-order valence-corrected chi connectivity index (χ2v) is 6.10. The van der Waals surface area contributed by atoms with Gasteiger partial charge in [0.25, 0.3) is 0 Å². The predicted molar refractivity (Wildman–Crippen MR) is 99.7 cm³/mol. The quantitative estimate of drug-likeness (QED) is 0.584. The molecule has 0 fully saturated rings. The second kappa shape index (κ2) is 9.92. The Morgan fingerprint density at radius 2 is 1.81 bits per heavy atom. The van der Waals surface area contributed by atoms with E-state index < -0.39 is 23.8 Å². The molecule has 0 heterocycles. The predicted octanol–water partition coefficient (Wildman–Crippen LogP) is 1.76. The van der Waals surface area contributed by atoms with Gasteiger partial charge in [-0.2, -0.15) is 5.26 Å². The molecule has 0 saturated carbocycles. The van der Waals surface area contributed by atoms with Crippen molar-refractivity contribution >= 4 is 28.6 Å². The Hall–Kier alpha value is -3.40. The van der Waals surface area contributed by atoms with E-state index in [1.54, 1.807) is 0 Å². The molecule has 0 saturated heterocycles. The Balaban J connectivity index is 2.11. The fourth-order valence-electron chi connectivity index (χ4n) is 2.66. The van der Waals surface area contributed by atoms with Crippen molar-refractivity contribution in [1.29, 1.82) is 5.26 Å². The zero-order chi connectivity index (χ0) is 19.6. The minimum absolute atomic E-state index is 0.168. The lowest BCUT2D eigenvalue weighted by Crippen LogP contribution is -2.48. The molecule has 2 amide bonds. The molecule has 0 aromatic heterocycles. The average molecular weight is 367 g/mol. The van der Waals surface area contributed by atoms with Gasteiger partial charge in [0.15, 0.2) is 0 Å². The smallest absolute Gasteiger partial charge is 0.303 e. The van der Waals surface area contributed by atoms with Crippen LogP contribution in [0.15, 0.2) is 42.5 Å². The van der Waals surface area contributed by atoms with Crippen LogP contribution < -0.4 is 10.6 Å². The summed E-state index contributed by atoms with van der Waals surface area (Å²) in [4.78, 5) is 35.0. The average Bonchev–Trinajstić information content (AvgIpc) is 2.66. The van der Waals surface area contributed by atoms with Crippen molar-refractivity contribution in [2.45, 2.75) is 31.7 Å². The molecule has 0 aliphatic rings. The number of nitrogens with zero attached hydrogens (tertiary/aromatic N) is 1. The van der Waals surface area contributed by atoms with Crippen LogP contribution in [0.1, 0.15) is 24.8 Å². The van der Waals surface area contributed by atoms with Crippen molar-refractivity contribution < 1.29 is 19.5 Å². The third-order valence-corrected chi connectivity index (χ3v) is 4.01. The monoisotopic (exact) mass is 367 g/mol.